The maximum atomic E-state index is 14.1. The Hall–Kier alpha value is -4.79. The van der Waals surface area contributed by atoms with Crippen molar-refractivity contribution in [3.05, 3.63) is 161 Å². The zero-order chi connectivity index (χ0) is 30.6. The fraction of sp³-hybridized carbons (Fsp3) is 0.114. The lowest BCUT2D eigenvalue weighted by Gasteiger charge is -2.25. The van der Waals surface area contributed by atoms with Gasteiger partial charge in [-0.05, 0) is 66.1 Å². The van der Waals surface area contributed by atoms with Crippen LogP contribution in [-0.2, 0) is 16.1 Å². The molecule has 0 aliphatic carbocycles. The SMILES string of the molecule is CCOC(=O)C1=C(c2ccccc2)N=c2s/c(=C\c3cccc(OCc4ccc(F)cc4)c3)c(=O)n2[C@@H]1c1ccc(Cl)cc1. The third-order valence-electron chi connectivity index (χ3n) is 7.03. The molecule has 0 unspecified atom stereocenters. The van der Waals surface area contributed by atoms with Gasteiger partial charge in [0.15, 0.2) is 4.80 Å². The maximum Gasteiger partial charge on any atom is 0.338 e. The lowest BCUT2D eigenvalue weighted by atomic mass is 9.93. The summed E-state index contributed by atoms with van der Waals surface area (Å²) in [4.78, 5) is 33.0. The second kappa shape index (κ2) is 12.8. The molecular weight excluding hydrogens is 599 g/mol. The predicted molar refractivity (Wildman–Crippen MR) is 170 cm³/mol. The summed E-state index contributed by atoms with van der Waals surface area (Å²) in [7, 11) is 0. The van der Waals surface area contributed by atoms with E-state index in [9.17, 15) is 14.0 Å². The minimum absolute atomic E-state index is 0.168. The second-order valence-electron chi connectivity index (χ2n) is 9.97. The molecule has 0 bridgehead atoms. The first-order chi connectivity index (χ1) is 21.4. The number of fused-ring (bicyclic) bond motifs is 1. The number of hydrogen-bond acceptors (Lipinski definition) is 6. The molecule has 0 saturated carbocycles. The van der Waals surface area contributed by atoms with Crippen LogP contribution in [0.3, 0.4) is 0 Å². The fourth-order valence-corrected chi connectivity index (χ4v) is 6.12. The molecule has 9 heteroatoms. The molecule has 1 aliphatic rings. The van der Waals surface area contributed by atoms with E-state index in [1.807, 2.05) is 54.6 Å². The largest absolute Gasteiger partial charge is 0.489 e. The van der Waals surface area contributed by atoms with Crippen LogP contribution in [0.15, 0.2) is 118 Å². The molecule has 1 aliphatic heterocycles. The van der Waals surface area contributed by atoms with Gasteiger partial charge in [-0.25, -0.2) is 14.2 Å². The van der Waals surface area contributed by atoms with Crippen molar-refractivity contribution in [2.75, 3.05) is 6.61 Å². The van der Waals surface area contributed by atoms with Crippen molar-refractivity contribution in [1.82, 2.24) is 4.57 Å². The van der Waals surface area contributed by atoms with Gasteiger partial charge in [-0.15, -0.1) is 0 Å². The summed E-state index contributed by atoms with van der Waals surface area (Å²) in [5.74, 6) is -0.248. The monoisotopic (exact) mass is 624 g/mol. The normalized spacial score (nSPS) is 14.6. The molecule has 0 saturated heterocycles. The van der Waals surface area contributed by atoms with Crippen LogP contribution in [0, 0.1) is 5.82 Å². The van der Waals surface area contributed by atoms with Gasteiger partial charge >= 0.3 is 5.97 Å². The third-order valence-corrected chi connectivity index (χ3v) is 8.27. The number of aromatic nitrogens is 1. The molecule has 0 fully saturated rings. The highest BCUT2D eigenvalue weighted by atomic mass is 35.5. The topological polar surface area (TPSA) is 69.9 Å². The van der Waals surface area contributed by atoms with E-state index < -0.39 is 12.0 Å². The van der Waals surface area contributed by atoms with E-state index in [2.05, 4.69) is 0 Å². The number of benzene rings is 4. The van der Waals surface area contributed by atoms with Crippen molar-refractivity contribution >= 4 is 40.7 Å². The second-order valence-corrected chi connectivity index (χ2v) is 11.4. The van der Waals surface area contributed by atoms with E-state index in [1.54, 1.807) is 54.0 Å². The van der Waals surface area contributed by atoms with Crippen molar-refractivity contribution in [1.29, 1.82) is 0 Å². The first-order valence-electron chi connectivity index (χ1n) is 13.9. The zero-order valence-electron chi connectivity index (χ0n) is 23.6. The Morgan fingerprint density at radius 3 is 2.48 bits per heavy atom. The lowest BCUT2D eigenvalue weighted by molar-refractivity contribution is -0.138. The Labute approximate surface area is 261 Å². The summed E-state index contributed by atoms with van der Waals surface area (Å²) < 4.78 is 26.7. The average molecular weight is 625 g/mol. The molecule has 0 spiro atoms. The van der Waals surface area contributed by atoms with E-state index in [4.69, 9.17) is 26.1 Å². The van der Waals surface area contributed by atoms with E-state index in [1.165, 1.54) is 23.5 Å². The fourth-order valence-electron chi connectivity index (χ4n) is 4.99. The number of thiazole rings is 1. The summed E-state index contributed by atoms with van der Waals surface area (Å²) in [6.45, 7) is 2.18. The Morgan fingerprint density at radius 2 is 1.75 bits per heavy atom. The van der Waals surface area contributed by atoms with Crippen molar-refractivity contribution in [2.45, 2.75) is 19.6 Å². The number of esters is 1. The summed E-state index contributed by atoms with van der Waals surface area (Å²) in [5, 5.41) is 0.535. The van der Waals surface area contributed by atoms with Crippen LogP contribution in [0.4, 0.5) is 4.39 Å². The molecule has 0 amide bonds. The number of halogens is 2. The van der Waals surface area contributed by atoms with Gasteiger partial charge in [0.05, 0.1) is 28.5 Å². The Kier molecular flexibility index (Phi) is 8.54. The highest BCUT2D eigenvalue weighted by Crippen LogP contribution is 2.35. The van der Waals surface area contributed by atoms with Crippen LogP contribution >= 0.6 is 22.9 Å². The highest BCUT2D eigenvalue weighted by Gasteiger charge is 2.35. The van der Waals surface area contributed by atoms with Crippen LogP contribution in [-0.4, -0.2) is 17.1 Å². The van der Waals surface area contributed by atoms with E-state index in [0.717, 1.165) is 16.7 Å². The number of rotatable bonds is 8. The molecule has 6 rings (SSSR count). The minimum atomic E-state index is -0.787. The molecule has 4 aromatic carbocycles. The van der Waals surface area contributed by atoms with E-state index in [0.29, 0.717) is 31.4 Å². The van der Waals surface area contributed by atoms with Crippen LogP contribution in [0.1, 0.15) is 35.2 Å². The molecule has 0 N–H and O–H groups in total. The average Bonchev–Trinajstić information content (AvgIpc) is 3.35. The molecule has 6 nitrogen and oxygen atoms in total. The smallest absolute Gasteiger partial charge is 0.338 e. The van der Waals surface area contributed by atoms with Gasteiger partial charge in [0, 0.05) is 10.6 Å². The van der Waals surface area contributed by atoms with Gasteiger partial charge in [-0.1, -0.05) is 89.7 Å². The Morgan fingerprint density at radius 1 is 1.00 bits per heavy atom. The molecule has 0 radical (unpaired) electrons. The van der Waals surface area contributed by atoms with E-state index >= 15 is 0 Å². The van der Waals surface area contributed by atoms with E-state index in [-0.39, 0.29) is 30.2 Å². The molecule has 1 atom stereocenters. The van der Waals surface area contributed by atoms with Crippen LogP contribution in [0.25, 0.3) is 11.8 Å². The third kappa shape index (κ3) is 6.13. The van der Waals surface area contributed by atoms with Gasteiger partial charge in [-0.3, -0.25) is 9.36 Å². The van der Waals surface area contributed by atoms with Gasteiger partial charge in [0.1, 0.15) is 18.2 Å². The van der Waals surface area contributed by atoms with Crippen molar-refractivity contribution in [3.8, 4) is 5.75 Å². The van der Waals surface area contributed by atoms with Crippen molar-refractivity contribution < 1.29 is 18.7 Å². The van der Waals surface area contributed by atoms with Gasteiger partial charge in [0.2, 0.25) is 0 Å². The van der Waals surface area contributed by atoms with Gasteiger partial charge in [-0.2, -0.15) is 0 Å². The number of ether oxygens (including phenoxy) is 2. The van der Waals surface area contributed by atoms with Crippen molar-refractivity contribution in [3.63, 3.8) is 0 Å². The summed E-state index contributed by atoms with van der Waals surface area (Å²) in [6, 6.07) is 29.2. The summed E-state index contributed by atoms with van der Waals surface area (Å²) in [5.41, 5.74) is 3.45. The first-order valence-corrected chi connectivity index (χ1v) is 15.1. The Bertz CT molecular complexity index is 2040. The maximum absolute atomic E-state index is 14.1. The van der Waals surface area contributed by atoms with Crippen LogP contribution in [0.5, 0.6) is 5.75 Å². The van der Waals surface area contributed by atoms with Gasteiger partial charge in [0.25, 0.3) is 5.56 Å². The number of carbonyl (C=O) groups excluding carboxylic acids is 1. The van der Waals surface area contributed by atoms with Crippen molar-refractivity contribution in [2.24, 2.45) is 4.99 Å². The minimum Gasteiger partial charge on any atom is -0.489 e. The molecular formula is C35H26ClFN2O4S. The number of carbonyl (C=O) groups is 1. The first kappa shape index (κ1) is 29.3. The molecule has 1 aromatic heterocycles. The quantitative estimate of drug-likeness (QED) is 0.190. The zero-order valence-corrected chi connectivity index (χ0v) is 25.1. The summed E-state index contributed by atoms with van der Waals surface area (Å²) in [6.07, 6.45) is 1.78. The molecule has 220 valence electrons. The summed E-state index contributed by atoms with van der Waals surface area (Å²) >= 11 is 7.45. The molecule has 44 heavy (non-hydrogen) atoms. The van der Waals surface area contributed by atoms with Crippen LogP contribution < -0.4 is 19.6 Å². The van der Waals surface area contributed by atoms with Gasteiger partial charge < -0.3 is 9.47 Å². The van der Waals surface area contributed by atoms with Crippen LogP contribution in [0.2, 0.25) is 5.02 Å². The standard InChI is InChI=1S/C35H26ClFN2O4S/c1-2-42-34(41)30-31(24-8-4-3-5-9-24)38-35-39(32(30)25-13-15-26(36)16-14-25)33(40)29(44-35)20-23-7-6-10-28(19-23)43-21-22-11-17-27(37)18-12-22/h3-20,32H,2,21H2,1H3/b29-20-/t32-/m1/s1. The molecule has 2 heterocycles. The Balaban J connectivity index is 1.47. The molecule has 5 aromatic rings. The predicted octanol–water partition coefficient (Wildman–Crippen LogP) is 6.31. The number of hydrogen-bond donors (Lipinski definition) is 0. The lowest BCUT2D eigenvalue weighted by Crippen LogP contribution is -2.40. The number of nitrogens with zero attached hydrogens (tertiary/aromatic N) is 2. The highest BCUT2D eigenvalue weighted by molar-refractivity contribution is 7.07.